The third kappa shape index (κ3) is 7.42. The zero-order chi connectivity index (χ0) is 31.3. The first-order valence-corrected chi connectivity index (χ1v) is 16.3. The van der Waals surface area contributed by atoms with E-state index in [9.17, 15) is 24.3 Å². The van der Waals surface area contributed by atoms with E-state index in [1.165, 1.54) is 0 Å². The van der Waals surface area contributed by atoms with Gasteiger partial charge < -0.3 is 20.6 Å². The van der Waals surface area contributed by atoms with Gasteiger partial charge in [0.25, 0.3) is 5.91 Å². The largest absolute Gasteiger partial charge is 0.390 e. The van der Waals surface area contributed by atoms with E-state index >= 15 is 0 Å². The summed E-state index contributed by atoms with van der Waals surface area (Å²) in [5.74, 6) is -0.504. The van der Waals surface area contributed by atoms with Crippen molar-refractivity contribution in [2.75, 3.05) is 26.7 Å². The molecule has 2 heterocycles. The van der Waals surface area contributed by atoms with E-state index in [1.807, 2.05) is 29.2 Å². The van der Waals surface area contributed by atoms with Crippen molar-refractivity contribution < 1.29 is 24.3 Å². The van der Waals surface area contributed by atoms with Crippen LogP contribution in [0.2, 0.25) is 0 Å². The highest BCUT2D eigenvalue weighted by atomic mass is 35.5. The van der Waals surface area contributed by atoms with Gasteiger partial charge in [-0.3, -0.25) is 24.1 Å². The molecule has 3 fully saturated rings. The van der Waals surface area contributed by atoms with E-state index in [1.54, 1.807) is 31.3 Å². The molecule has 1 saturated carbocycles. The van der Waals surface area contributed by atoms with E-state index in [4.69, 9.17) is 0 Å². The topological polar surface area (TPSA) is 119 Å². The SMILES string of the molecule is CCCCN1C(=O)[C@@H]([C@H](O)C2CCCCC2)NC(=O)C12CCN(Cc1ccc(C(=O)c3ccc(C(=O)NC)cc3)cc1)CC2.Cl. The van der Waals surface area contributed by atoms with Gasteiger partial charge in [0.2, 0.25) is 11.8 Å². The molecule has 0 aromatic heterocycles. The molecule has 3 aliphatic rings. The number of hydrogen-bond acceptors (Lipinski definition) is 6. The molecular weight excluding hydrogens is 592 g/mol. The normalized spacial score (nSPS) is 21.1. The zero-order valence-corrected chi connectivity index (χ0v) is 27.2. The molecular formula is C35H47ClN4O5. The molecule has 10 heteroatoms. The van der Waals surface area contributed by atoms with Gasteiger partial charge in [-0.15, -0.1) is 12.4 Å². The van der Waals surface area contributed by atoms with Crippen LogP contribution in [0.25, 0.3) is 0 Å². The van der Waals surface area contributed by atoms with Crippen LogP contribution in [0.3, 0.4) is 0 Å². The number of aliphatic hydroxyl groups excluding tert-OH is 1. The van der Waals surface area contributed by atoms with Gasteiger partial charge in [0.1, 0.15) is 11.6 Å². The number of hydrogen-bond donors (Lipinski definition) is 3. The predicted octanol–water partition coefficient (Wildman–Crippen LogP) is 4.10. The fourth-order valence-electron chi connectivity index (χ4n) is 7.14. The summed E-state index contributed by atoms with van der Waals surface area (Å²) in [7, 11) is 1.57. The number of unbranched alkanes of at least 4 members (excludes halogenated alkanes) is 1. The van der Waals surface area contributed by atoms with Crippen LogP contribution < -0.4 is 10.6 Å². The smallest absolute Gasteiger partial charge is 0.251 e. The number of benzene rings is 2. The van der Waals surface area contributed by atoms with Crippen molar-refractivity contribution in [2.45, 2.75) is 88.9 Å². The maximum atomic E-state index is 13.8. The highest BCUT2D eigenvalue weighted by molar-refractivity contribution is 6.09. The van der Waals surface area contributed by atoms with E-state index in [0.717, 1.165) is 50.5 Å². The Morgan fingerprint density at radius 3 is 2.11 bits per heavy atom. The Morgan fingerprint density at radius 2 is 1.53 bits per heavy atom. The van der Waals surface area contributed by atoms with Crippen molar-refractivity contribution in [1.29, 1.82) is 0 Å². The molecule has 1 spiro atoms. The number of nitrogens with one attached hydrogen (secondary N) is 2. The summed E-state index contributed by atoms with van der Waals surface area (Å²) in [6.45, 7) is 4.62. The Balaban J connectivity index is 0.00000461. The fourth-order valence-corrected chi connectivity index (χ4v) is 7.14. The molecule has 2 saturated heterocycles. The number of aliphatic hydroxyl groups is 1. The summed E-state index contributed by atoms with van der Waals surface area (Å²) in [4.78, 5) is 56.5. The Bertz CT molecular complexity index is 1330. The van der Waals surface area contributed by atoms with Crippen LogP contribution in [0.15, 0.2) is 48.5 Å². The van der Waals surface area contributed by atoms with E-state index in [-0.39, 0.29) is 41.8 Å². The Hall–Kier alpha value is -3.27. The van der Waals surface area contributed by atoms with E-state index in [0.29, 0.717) is 55.7 Å². The van der Waals surface area contributed by atoms with Crippen LogP contribution in [0.1, 0.15) is 96.6 Å². The first-order valence-electron chi connectivity index (χ1n) is 16.3. The molecule has 9 nitrogen and oxygen atoms in total. The summed E-state index contributed by atoms with van der Waals surface area (Å²) in [6.07, 6.45) is 7.07. The molecule has 5 rings (SSSR count). The Kier molecular flexibility index (Phi) is 11.8. The molecule has 1 aliphatic carbocycles. The molecule has 3 N–H and O–H groups in total. The number of piperidine rings is 1. The minimum absolute atomic E-state index is 0. The van der Waals surface area contributed by atoms with Gasteiger partial charge in [-0.25, -0.2) is 0 Å². The summed E-state index contributed by atoms with van der Waals surface area (Å²) < 4.78 is 0. The van der Waals surface area contributed by atoms with Crippen molar-refractivity contribution in [1.82, 2.24) is 20.4 Å². The van der Waals surface area contributed by atoms with Gasteiger partial charge >= 0.3 is 0 Å². The second kappa shape index (κ2) is 15.3. The van der Waals surface area contributed by atoms with E-state index < -0.39 is 17.7 Å². The second-order valence-electron chi connectivity index (χ2n) is 12.7. The number of amides is 3. The van der Waals surface area contributed by atoms with Crippen LogP contribution in [0.4, 0.5) is 0 Å². The number of likely N-dealkylation sites (tertiary alicyclic amines) is 1. The van der Waals surface area contributed by atoms with Gasteiger partial charge in [-0.2, -0.15) is 0 Å². The van der Waals surface area contributed by atoms with Crippen LogP contribution in [-0.2, 0) is 16.1 Å². The molecule has 0 bridgehead atoms. The lowest BCUT2D eigenvalue weighted by Gasteiger charge is -2.52. The summed E-state index contributed by atoms with van der Waals surface area (Å²) in [5.41, 5.74) is 1.79. The summed E-state index contributed by atoms with van der Waals surface area (Å²) in [6, 6.07) is 13.3. The standard InChI is InChI=1S/C35H46N4O5.ClH/c1-3-4-20-39-33(43)29(31(41)25-8-6-5-7-9-25)37-34(44)35(39)18-21-38(22-19-35)23-24-10-12-26(13-11-24)30(40)27-14-16-28(17-15-27)32(42)36-2;/h10-17,25,29,31,41H,3-9,18-23H2,1-2H3,(H,36,42)(H,37,44);1H/t29-,31-;/m1./s1. The van der Waals surface area contributed by atoms with Crippen molar-refractivity contribution >= 4 is 35.9 Å². The molecule has 0 unspecified atom stereocenters. The zero-order valence-electron chi connectivity index (χ0n) is 26.4. The van der Waals surface area contributed by atoms with Crippen LogP contribution in [0.5, 0.6) is 0 Å². The molecule has 2 aliphatic heterocycles. The highest BCUT2D eigenvalue weighted by Crippen LogP contribution is 2.36. The molecule has 2 aromatic carbocycles. The average molecular weight is 639 g/mol. The number of halogens is 1. The number of carbonyl (C=O) groups is 4. The Morgan fingerprint density at radius 1 is 0.956 bits per heavy atom. The molecule has 2 atom stereocenters. The number of ketones is 1. The number of nitrogens with zero attached hydrogens (tertiary/aromatic N) is 2. The third-order valence-corrected chi connectivity index (χ3v) is 9.91. The number of piperazine rings is 1. The highest BCUT2D eigenvalue weighted by Gasteiger charge is 2.55. The maximum Gasteiger partial charge on any atom is 0.251 e. The molecule has 0 radical (unpaired) electrons. The molecule has 244 valence electrons. The molecule has 45 heavy (non-hydrogen) atoms. The first kappa shape index (κ1) is 34.6. The van der Waals surface area contributed by atoms with Crippen molar-refractivity contribution in [3.05, 3.63) is 70.8 Å². The van der Waals surface area contributed by atoms with Gasteiger partial charge in [-0.1, -0.05) is 69.0 Å². The second-order valence-corrected chi connectivity index (χ2v) is 12.7. The van der Waals surface area contributed by atoms with Crippen LogP contribution in [-0.4, -0.2) is 82.8 Å². The average Bonchev–Trinajstić information content (AvgIpc) is 3.07. The quantitative estimate of drug-likeness (QED) is 0.337. The third-order valence-electron chi connectivity index (χ3n) is 9.91. The molecule has 2 aromatic rings. The van der Waals surface area contributed by atoms with Gasteiger partial charge in [-0.05, 0) is 55.7 Å². The lowest BCUT2D eigenvalue weighted by molar-refractivity contribution is -0.166. The first-order chi connectivity index (χ1) is 21.3. The summed E-state index contributed by atoms with van der Waals surface area (Å²) >= 11 is 0. The van der Waals surface area contributed by atoms with E-state index in [2.05, 4.69) is 22.5 Å². The fraction of sp³-hybridized carbons (Fsp3) is 0.543. The lowest BCUT2D eigenvalue weighted by atomic mass is 9.78. The monoisotopic (exact) mass is 638 g/mol. The number of carbonyl (C=O) groups excluding carboxylic acids is 4. The van der Waals surface area contributed by atoms with Crippen molar-refractivity contribution in [3.8, 4) is 0 Å². The van der Waals surface area contributed by atoms with Crippen molar-refractivity contribution in [3.63, 3.8) is 0 Å². The molecule has 3 amide bonds. The number of rotatable bonds is 10. The van der Waals surface area contributed by atoms with Crippen LogP contribution >= 0.6 is 12.4 Å². The van der Waals surface area contributed by atoms with Gasteiger partial charge in [0, 0.05) is 49.9 Å². The van der Waals surface area contributed by atoms with Crippen LogP contribution in [0, 0.1) is 5.92 Å². The predicted molar refractivity (Wildman–Crippen MR) is 175 cm³/mol. The maximum absolute atomic E-state index is 13.8. The van der Waals surface area contributed by atoms with Gasteiger partial charge in [0.05, 0.1) is 6.10 Å². The lowest BCUT2D eigenvalue weighted by Crippen LogP contribution is -2.75. The van der Waals surface area contributed by atoms with Crippen molar-refractivity contribution in [2.24, 2.45) is 5.92 Å². The minimum atomic E-state index is -0.880. The summed E-state index contributed by atoms with van der Waals surface area (Å²) in [5, 5.41) is 16.7. The minimum Gasteiger partial charge on any atom is -0.390 e. The van der Waals surface area contributed by atoms with Gasteiger partial charge in [0.15, 0.2) is 5.78 Å². The Labute approximate surface area is 272 Å².